The van der Waals surface area contributed by atoms with E-state index in [0.717, 1.165) is 24.2 Å². The van der Waals surface area contributed by atoms with Crippen LogP contribution in [0.1, 0.15) is 71.6 Å². The van der Waals surface area contributed by atoms with E-state index >= 15 is 0 Å². The van der Waals surface area contributed by atoms with Gasteiger partial charge in [-0.2, -0.15) is 0 Å². The Morgan fingerprint density at radius 2 is 1.76 bits per heavy atom. The number of hydrogen-bond donors (Lipinski definition) is 1. The molecule has 1 N–H and O–H groups in total. The number of epoxide rings is 1. The molecule has 4 aliphatic carbocycles. The van der Waals surface area contributed by atoms with Crippen LogP contribution < -0.4 is 0 Å². The van der Waals surface area contributed by atoms with Crippen molar-refractivity contribution in [2.75, 3.05) is 0 Å². The first-order valence-electron chi connectivity index (χ1n) is 9.37. The van der Waals surface area contributed by atoms with E-state index in [1.165, 1.54) is 51.4 Å². The topological polar surface area (TPSA) is 32.8 Å². The van der Waals surface area contributed by atoms with Crippen molar-refractivity contribution < 1.29 is 9.84 Å². The highest BCUT2D eigenvalue weighted by Gasteiger charge is 2.75. The molecule has 5 aliphatic rings. The summed E-state index contributed by atoms with van der Waals surface area (Å²) in [5.41, 5.74) is 0.923. The van der Waals surface area contributed by atoms with Crippen LogP contribution in [0.2, 0.25) is 0 Å². The molecule has 8 atom stereocenters. The predicted molar refractivity (Wildman–Crippen MR) is 81.8 cm³/mol. The summed E-state index contributed by atoms with van der Waals surface area (Å²) in [7, 11) is 0. The first-order valence-corrected chi connectivity index (χ1v) is 9.37. The summed E-state index contributed by atoms with van der Waals surface area (Å²) in [5.74, 6) is 2.44. The van der Waals surface area contributed by atoms with Gasteiger partial charge in [-0.3, -0.25) is 0 Å². The van der Waals surface area contributed by atoms with E-state index < -0.39 is 0 Å². The molecule has 1 aliphatic heterocycles. The Labute approximate surface area is 128 Å². The molecule has 2 heteroatoms. The van der Waals surface area contributed by atoms with E-state index in [0.29, 0.717) is 11.5 Å². The molecular formula is C19H30O2. The smallest absolute Gasteiger partial charge is 0.100 e. The lowest BCUT2D eigenvalue weighted by molar-refractivity contribution is -0.107. The second kappa shape index (κ2) is 3.87. The van der Waals surface area contributed by atoms with Crippen LogP contribution in [0.3, 0.4) is 0 Å². The molecule has 1 saturated heterocycles. The maximum absolute atomic E-state index is 10.5. The quantitative estimate of drug-likeness (QED) is 0.686. The minimum atomic E-state index is -0.0468. The van der Waals surface area contributed by atoms with Gasteiger partial charge in [-0.15, -0.1) is 0 Å². The summed E-state index contributed by atoms with van der Waals surface area (Å²) in [6.45, 7) is 4.95. The van der Waals surface area contributed by atoms with Crippen LogP contribution in [0, 0.1) is 28.6 Å². The normalized spacial score (nSPS) is 65.0. The summed E-state index contributed by atoms with van der Waals surface area (Å²) in [4.78, 5) is 0. The third kappa shape index (κ3) is 1.39. The number of aliphatic hydroxyl groups excluding tert-OH is 1. The fourth-order valence-electron chi connectivity index (χ4n) is 7.68. The van der Waals surface area contributed by atoms with Crippen LogP contribution in [0.15, 0.2) is 0 Å². The van der Waals surface area contributed by atoms with Crippen LogP contribution in [-0.4, -0.2) is 22.9 Å². The fraction of sp³-hybridized carbons (Fsp3) is 1.00. The first kappa shape index (κ1) is 13.4. The standard InChI is InChI=1S/C19H30O2/c1-17-10-7-14-12(13(17)5-6-15(17)20)11-16-19(21-16)9-4-3-8-18(14,19)2/h12-16,20H,3-11H2,1-2H3/t12?,13?,14?,15-,16?,17?,18?,19?/m0/s1. The molecule has 0 aromatic carbocycles. The van der Waals surface area contributed by atoms with Gasteiger partial charge in [0.1, 0.15) is 5.60 Å². The SMILES string of the molecule is CC12CCC3C(CC4OC45CCCCC35C)C1CC[C@@H]2O. The molecule has 118 valence electrons. The maximum Gasteiger partial charge on any atom is 0.100 e. The zero-order chi connectivity index (χ0) is 14.5. The van der Waals surface area contributed by atoms with Gasteiger partial charge in [0.2, 0.25) is 0 Å². The highest BCUT2D eigenvalue weighted by Crippen LogP contribution is 2.73. The first-order chi connectivity index (χ1) is 10.0. The van der Waals surface area contributed by atoms with E-state index in [9.17, 15) is 5.11 Å². The number of rotatable bonds is 0. The summed E-state index contributed by atoms with van der Waals surface area (Å²) >= 11 is 0. The van der Waals surface area contributed by atoms with Crippen molar-refractivity contribution >= 4 is 0 Å². The van der Waals surface area contributed by atoms with Gasteiger partial charge in [0, 0.05) is 5.41 Å². The predicted octanol–water partition coefficient (Wildman–Crippen LogP) is 3.91. The number of aliphatic hydroxyl groups is 1. The summed E-state index contributed by atoms with van der Waals surface area (Å²) in [6, 6.07) is 0. The molecule has 2 nitrogen and oxygen atoms in total. The van der Waals surface area contributed by atoms with E-state index in [1.807, 2.05) is 0 Å². The Kier molecular flexibility index (Phi) is 2.46. The summed E-state index contributed by atoms with van der Waals surface area (Å²) in [5, 5.41) is 10.5. The molecule has 5 rings (SSSR count). The summed E-state index contributed by atoms with van der Waals surface area (Å²) < 4.78 is 6.41. The van der Waals surface area contributed by atoms with Crippen LogP contribution >= 0.6 is 0 Å². The van der Waals surface area contributed by atoms with Crippen molar-refractivity contribution in [3.8, 4) is 0 Å². The van der Waals surface area contributed by atoms with Crippen molar-refractivity contribution in [1.29, 1.82) is 0 Å². The molecule has 1 heterocycles. The molecule has 0 amide bonds. The molecule has 1 spiro atoms. The minimum Gasteiger partial charge on any atom is -0.393 e. The highest BCUT2D eigenvalue weighted by atomic mass is 16.6. The van der Waals surface area contributed by atoms with E-state index in [1.54, 1.807) is 0 Å². The summed E-state index contributed by atoms with van der Waals surface area (Å²) in [6.07, 6.45) is 12.2. The van der Waals surface area contributed by atoms with Crippen molar-refractivity contribution in [2.45, 2.75) is 89.4 Å². The third-order valence-electron chi connectivity index (χ3n) is 8.97. The zero-order valence-electron chi connectivity index (χ0n) is 13.6. The van der Waals surface area contributed by atoms with Crippen molar-refractivity contribution in [2.24, 2.45) is 28.6 Å². The molecule has 4 saturated carbocycles. The van der Waals surface area contributed by atoms with E-state index in [-0.39, 0.29) is 17.1 Å². The number of ether oxygens (including phenoxy) is 1. The lowest BCUT2D eigenvalue weighted by atomic mass is 9.45. The minimum absolute atomic E-state index is 0.0468. The van der Waals surface area contributed by atoms with Crippen molar-refractivity contribution in [3.05, 3.63) is 0 Å². The number of hydrogen-bond acceptors (Lipinski definition) is 2. The average Bonchev–Trinajstić information content (AvgIpc) is 3.08. The second-order valence-corrected chi connectivity index (χ2v) is 9.37. The molecule has 0 aromatic rings. The lowest BCUT2D eigenvalue weighted by Gasteiger charge is -2.58. The molecular weight excluding hydrogens is 260 g/mol. The van der Waals surface area contributed by atoms with Gasteiger partial charge in [0.05, 0.1) is 12.2 Å². The molecule has 0 aromatic heterocycles. The maximum atomic E-state index is 10.5. The van der Waals surface area contributed by atoms with Gasteiger partial charge in [0.15, 0.2) is 0 Å². The monoisotopic (exact) mass is 290 g/mol. The molecule has 5 fully saturated rings. The Hall–Kier alpha value is -0.0800. The fourth-order valence-corrected chi connectivity index (χ4v) is 7.68. The molecule has 21 heavy (non-hydrogen) atoms. The van der Waals surface area contributed by atoms with E-state index in [2.05, 4.69) is 13.8 Å². The Morgan fingerprint density at radius 1 is 0.952 bits per heavy atom. The zero-order valence-corrected chi connectivity index (χ0v) is 13.6. The number of fused-ring (bicyclic) bond motifs is 4. The van der Waals surface area contributed by atoms with E-state index in [4.69, 9.17) is 4.74 Å². The van der Waals surface area contributed by atoms with Crippen molar-refractivity contribution in [1.82, 2.24) is 0 Å². The Balaban J connectivity index is 1.53. The Bertz CT molecular complexity index is 476. The molecule has 7 unspecified atom stereocenters. The van der Waals surface area contributed by atoms with Gasteiger partial charge in [-0.25, -0.2) is 0 Å². The van der Waals surface area contributed by atoms with Crippen LogP contribution in [0.25, 0.3) is 0 Å². The van der Waals surface area contributed by atoms with Crippen LogP contribution in [-0.2, 0) is 4.74 Å². The molecule has 0 bridgehead atoms. The van der Waals surface area contributed by atoms with Gasteiger partial charge < -0.3 is 9.84 Å². The Morgan fingerprint density at radius 3 is 2.62 bits per heavy atom. The highest BCUT2D eigenvalue weighted by molar-refractivity contribution is 5.23. The largest absolute Gasteiger partial charge is 0.393 e. The molecule has 0 radical (unpaired) electrons. The van der Waals surface area contributed by atoms with Gasteiger partial charge in [-0.1, -0.05) is 26.7 Å². The van der Waals surface area contributed by atoms with Gasteiger partial charge >= 0.3 is 0 Å². The average molecular weight is 290 g/mol. The van der Waals surface area contributed by atoms with Crippen LogP contribution in [0.4, 0.5) is 0 Å². The van der Waals surface area contributed by atoms with Crippen molar-refractivity contribution in [3.63, 3.8) is 0 Å². The second-order valence-electron chi connectivity index (χ2n) is 9.37. The van der Waals surface area contributed by atoms with Gasteiger partial charge in [-0.05, 0) is 68.1 Å². The van der Waals surface area contributed by atoms with Crippen LogP contribution in [0.5, 0.6) is 0 Å². The lowest BCUT2D eigenvalue weighted by Crippen LogP contribution is -2.57. The van der Waals surface area contributed by atoms with Gasteiger partial charge in [0.25, 0.3) is 0 Å². The third-order valence-corrected chi connectivity index (χ3v) is 8.97.